The van der Waals surface area contributed by atoms with Crippen molar-refractivity contribution >= 4 is 17.2 Å². The predicted octanol–water partition coefficient (Wildman–Crippen LogP) is 6.13. The summed E-state index contributed by atoms with van der Waals surface area (Å²) in [6, 6.07) is 12.4. The van der Waals surface area contributed by atoms with Crippen molar-refractivity contribution < 1.29 is 0 Å². The van der Waals surface area contributed by atoms with E-state index in [0.29, 0.717) is 22.9 Å². The molecule has 0 saturated heterocycles. The summed E-state index contributed by atoms with van der Waals surface area (Å²) in [6.45, 7) is 4.99. The van der Waals surface area contributed by atoms with E-state index >= 15 is 0 Å². The third-order valence-corrected chi connectivity index (χ3v) is 10.4. The number of nitrogens with one attached hydrogen (secondary N) is 1. The summed E-state index contributed by atoms with van der Waals surface area (Å²) in [6.07, 6.45) is 13.9. The van der Waals surface area contributed by atoms with Crippen molar-refractivity contribution in [1.82, 2.24) is 5.32 Å². The number of hydrogen-bond acceptors (Lipinski definition) is 2. The molecule has 164 valence electrons. The number of thiocarbonyl (C=S) groups is 1. The molecule has 2 unspecified atom stereocenters. The zero-order valence-corrected chi connectivity index (χ0v) is 19.8. The molecule has 5 aliphatic rings. The minimum Gasteiger partial charge on any atom is -0.376 e. The maximum Gasteiger partial charge on any atom is 0.0818 e. The molecule has 0 amide bonds. The van der Waals surface area contributed by atoms with Crippen LogP contribution >= 0.6 is 12.2 Å². The lowest BCUT2D eigenvalue weighted by molar-refractivity contribution is -0.137. The molecule has 2 atom stereocenters. The highest BCUT2D eigenvalue weighted by Crippen LogP contribution is 2.72. The van der Waals surface area contributed by atoms with Gasteiger partial charge in [-0.3, -0.25) is 0 Å². The second kappa shape index (κ2) is 7.59. The molecule has 30 heavy (non-hydrogen) atoms. The smallest absolute Gasteiger partial charge is 0.0818 e. The van der Waals surface area contributed by atoms with Gasteiger partial charge < -0.3 is 11.1 Å². The first-order valence-corrected chi connectivity index (χ1v) is 12.9. The van der Waals surface area contributed by atoms with Gasteiger partial charge in [0, 0.05) is 17.5 Å². The summed E-state index contributed by atoms with van der Waals surface area (Å²) < 4.78 is 0. The van der Waals surface area contributed by atoms with Crippen molar-refractivity contribution in [3.63, 3.8) is 0 Å². The van der Waals surface area contributed by atoms with Crippen LogP contribution in [0.1, 0.15) is 90.0 Å². The number of benzene rings is 1. The predicted molar refractivity (Wildman–Crippen MR) is 130 cm³/mol. The Morgan fingerprint density at radius 2 is 1.67 bits per heavy atom. The summed E-state index contributed by atoms with van der Waals surface area (Å²) in [7, 11) is 0. The van der Waals surface area contributed by atoms with Crippen LogP contribution < -0.4 is 11.1 Å². The summed E-state index contributed by atoms with van der Waals surface area (Å²) in [4.78, 5) is 1.20. The van der Waals surface area contributed by atoms with E-state index in [-0.39, 0.29) is 5.41 Å². The van der Waals surface area contributed by atoms with E-state index in [1.54, 1.807) is 5.56 Å². The van der Waals surface area contributed by atoms with Crippen LogP contribution in [0.4, 0.5) is 0 Å². The molecule has 1 aromatic rings. The fraction of sp³-hybridized carbons (Fsp3) is 0.741. The molecule has 5 saturated carbocycles. The van der Waals surface area contributed by atoms with E-state index in [9.17, 15) is 0 Å². The quantitative estimate of drug-likeness (QED) is 0.559. The molecule has 2 nitrogen and oxygen atoms in total. The molecule has 0 aliphatic heterocycles. The van der Waals surface area contributed by atoms with E-state index in [1.165, 1.54) is 62.8 Å². The second-order valence-corrected chi connectivity index (χ2v) is 12.1. The second-order valence-electron chi connectivity index (χ2n) is 11.7. The Hall–Kier alpha value is -0.930. The summed E-state index contributed by atoms with van der Waals surface area (Å²) in [5, 5.41) is 3.90. The molecular formula is C27H40N2S. The lowest BCUT2D eigenvalue weighted by Crippen LogP contribution is -2.65. The molecule has 5 aliphatic carbocycles. The minimum atomic E-state index is 0.212. The van der Waals surface area contributed by atoms with Crippen LogP contribution in [0.3, 0.4) is 0 Å². The van der Waals surface area contributed by atoms with Crippen LogP contribution in [0.2, 0.25) is 0 Å². The highest BCUT2D eigenvalue weighted by atomic mass is 32.1. The zero-order chi connectivity index (χ0) is 21.0. The molecular weight excluding hydrogens is 384 g/mol. The van der Waals surface area contributed by atoms with Gasteiger partial charge in [0.25, 0.3) is 0 Å². The van der Waals surface area contributed by atoms with Gasteiger partial charge in [0.05, 0.1) is 4.99 Å². The number of rotatable bonds is 5. The van der Waals surface area contributed by atoms with Crippen molar-refractivity contribution in [3.05, 3.63) is 35.9 Å². The molecule has 3 N–H and O–H groups in total. The number of nitrogens with two attached hydrogens (primary N) is 1. The Balaban J connectivity index is 1.45. The standard InChI is InChI=1S/C27H40N2S/c1-3-13-25(2)20-14-26(19-7-5-4-6-8-19)15-21(25)17-27(16-20,18-26)24(30)29-23-11-9-22(28)10-12-23/h4-8,20-23H,3,9-18,28H2,1-2H3,(H,29,30). The Morgan fingerprint density at radius 1 is 1.03 bits per heavy atom. The van der Waals surface area contributed by atoms with Gasteiger partial charge in [-0.05, 0) is 92.4 Å². The SMILES string of the molecule is CCCC1(C)C2CC3(C(=S)NC4CCC(N)CC4)CC1CC(c1ccccc1)(C2)C3. The average molecular weight is 425 g/mol. The van der Waals surface area contributed by atoms with Crippen LogP contribution in [0.25, 0.3) is 0 Å². The third-order valence-electron chi connectivity index (χ3n) is 9.85. The molecule has 0 radical (unpaired) electrons. The molecule has 0 spiro atoms. The van der Waals surface area contributed by atoms with E-state index in [0.717, 1.165) is 24.7 Å². The Morgan fingerprint density at radius 3 is 2.27 bits per heavy atom. The van der Waals surface area contributed by atoms with Gasteiger partial charge in [-0.25, -0.2) is 0 Å². The Labute approximate surface area is 188 Å². The highest BCUT2D eigenvalue weighted by molar-refractivity contribution is 7.80. The van der Waals surface area contributed by atoms with Crippen LogP contribution in [0, 0.1) is 22.7 Å². The van der Waals surface area contributed by atoms with Gasteiger partial charge in [0.15, 0.2) is 0 Å². The largest absolute Gasteiger partial charge is 0.376 e. The monoisotopic (exact) mass is 424 g/mol. The van der Waals surface area contributed by atoms with E-state index in [1.807, 2.05) is 0 Å². The van der Waals surface area contributed by atoms with Crippen LogP contribution in [-0.4, -0.2) is 17.1 Å². The topological polar surface area (TPSA) is 38.0 Å². The van der Waals surface area contributed by atoms with Crippen LogP contribution in [0.5, 0.6) is 0 Å². The van der Waals surface area contributed by atoms with E-state index in [2.05, 4.69) is 49.5 Å². The molecule has 3 heteroatoms. The van der Waals surface area contributed by atoms with Gasteiger partial charge in [0.2, 0.25) is 0 Å². The first kappa shape index (κ1) is 20.9. The van der Waals surface area contributed by atoms with Gasteiger partial charge in [-0.1, -0.05) is 62.8 Å². The Kier molecular flexibility index (Phi) is 5.30. The lowest BCUT2D eigenvalue weighted by Gasteiger charge is -2.69. The van der Waals surface area contributed by atoms with Gasteiger partial charge in [-0.15, -0.1) is 0 Å². The summed E-state index contributed by atoms with van der Waals surface area (Å²) in [5.74, 6) is 1.61. The maximum atomic E-state index is 6.25. The molecule has 1 aromatic carbocycles. The molecule has 5 fully saturated rings. The molecule has 0 heterocycles. The fourth-order valence-corrected chi connectivity index (χ4v) is 8.75. The normalized spacial score (nSPS) is 44.8. The number of hydrogen-bond donors (Lipinski definition) is 2. The lowest BCUT2D eigenvalue weighted by atomic mass is 9.36. The first-order chi connectivity index (χ1) is 14.4. The van der Waals surface area contributed by atoms with E-state index in [4.69, 9.17) is 18.0 Å². The van der Waals surface area contributed by atoms with Gasteiger partial charge >= 0.3 is 0 Å². The van der Waals surface area contributed by atoms with Crippen LogP contribution in [-0.2, 0) is 5.41 Å². The van der Waals surface area contributed by atoms with E-state index < -0.39 is 0 Å². The molecule has 4 bridgehead atoms. The highest BCUT2D eigenvalue weighted by Gasteiger charge is 2.66. The van der Waals surface area contributed by atoms with Crippen molar-refractivity contribution in [2.45, 2.75) is 102 Å². The van der Waals surface area contributed by atoms with Crippen LogP contribution in [0.15, 0.2) is 30.3 Å². The van der Waals surface area contributed by atoms with Crippen molar-refractivity contribution in [1.29, 1.82) is 0 Å². The molecule has 6 rings (SSSR count). The summed E-state index contributed by atoms with van der Waals surface area (Å²) >= 11 is 6.25. The Bertz CT molecular complexity index is 763. The average Bonchev–Trinajstić information content (AvgIpc) is 2.74. The maximum absolute atomic E-state index is 6.25. The van der Waals surface area contributed by atoms with Crippen molar-refractivity contribution in [3.8, 4) is 0 Å². The third kappa shape index (κ3) is 3.26. The summed E-state index contributed by atoms with van der Waals surface area (Å²) in [5.41, 5.74) is 8.78. The molecule has 0 aromatic heterocycles. The first-order valence-electron chi connectivity index (χ1n) is 12.5. The fourth-order valence-electron chi connectivity index (χ4n) is 8.34. The van der Waals surface area contributed by atoms with Gasteiger partial charge in [-0.2, -0.15) is 0 Å². The minimum absolute atomic E-state index is 0.212. The van der Waals surface area contributed by atoms with Crippen molar-refractivity contribution in [2.75, 3.05) is 0 Å². The zero-order valence-electron chi connectivity index (χ0n) is 19.0. The van der Waals surface area contributed by atoms with Crippen molar-refractivity contribution in [2.24, 2.45) is 28.4 Å². The van der Waals surface area contributed by atoms with Gasteiger partial charge in [0.1, 0.15) is 0 Å².